The number of aromatic nitrogens is 1. The van der Waals surface area contributed by atoms with Crippen molar-refractivity contribution < 1.29 is 4.42 Å². The summed E-state index contributed by atoms with van der Waals surface area (Å²) in [6.07, 6.45) is 1.89. The highest BCUT2D eigenvalue weighted by Gasteiger charge is 2.49. The fourth-order valence-corrected chi connectivity index (χ4v) is 3.67. The third kappa shape index (κ3) is 2.29. The topological polar surface area (TPSA) is 41.3 Å². The van der Waals surface area contributed by atoms with Crippen LogP contribution in [0.25, 0.3) is 0 Å². The van der Waals surface area contributed by atoms with Crippen LogP contribution >= 0.6 is 0 Å². The first kappa shape index (κ1) is 14.1. The van der Waals surface area contributed by atoms with Gasteiger partial charge in [-0.05, 0) is 32.2 Å². The Hall–Kier alpha value is -0.870. The van der Waals surface area contributed by atoms with Crippen molar-refractivity contribution in [3.63, 3.8) is 0 Å². The summed E-state index contributed by atoms with van der Waals surface area (Å²) < 4.78 is 5.96. The molecule has 0 spiro atoms. The first-order valence-corrected chi connectivity index (χ1v) is 7.69. The van der Waals surface area contributed by atoms with E-state index in [1.807, 2.05) is 6.20 Å². The summed E-state index contributed by atoms with van der Waals surface area (Å²) in [4.78, 5) is 7.02. The first-order valence-electron chi connectivity index (χ1n) is 7.69. The molecule has 1 N–H and O–H groups in total. The lowest BCUT2D eigenvalue weighted by molar-refractivity contribution is 0.119. The number of nitrogens with zero attached hydrogens (tertiary/aromatic N) is 2. The zero-order chi connectivity index (χ0) is 14.5. The highest BCUT2D eigenvalue weighted by Crippen LogP contribution is 2.41. The largest absolute Gasteiger partial charge is 0.444 e. The minimum Gasteiger partial charge on any atom is -0.444 e. The van der Waals surface area contributed by atoms with Crippen LogP contribution in [0.2, 0.25) is 0 Å². The molecule has 0 amide bonds. The number of oxazole rings is 1. The van der Waals surface area contributed by atoms with Gasteiger partial charge in [-0.15, -0.1) is 0 Å². The molecule has 0 aromatic carbocycles. The van der Waals surface area contributed by atoms with Crippen LogP contribution in [0.4, 0.5) is 0 Å². The molecule has 2 aliphatic rings. The highest BCUT2D eigenvalue weighted by molar-refractivity contribution is 5.08. The molecule has 2 saturated heterocycles. The van der Waals surface area contributed by atoms with Crippen LogP contribution in [-0.2, 0) is 12.0 Å². The van der Waals surface area contributed by atoms with Crippen molar-refractivity contribution >= 4 is 0 Å². The minimum absolute atomic E-state index is 0.0339. The van der Waals surface area contributed by atoms with Gasteiger partial charge in [-0.2, -0.15) is 0 Å². The van der Waals surface area contributed by atoms with Crippen molar-refractivity contribution in [1.29, 1.82) is 0 Å². The van der Waals surface area contributed by atoms with Gasteiger partial charge in [0.05, 0.1) is 12.7 Å². The molecule has 3 rings (SSSR count). The molecule has 4 heteroatoms. The molecular formula is C16H27N3O. The number of hydrogen-bond acceptors (Lipinski definition) is 4. The van der Waals surface area contributed by atoms with E-state index in [1.165, 1.54) is 0 Å². The summed E-state index contributed by atoms with van der Waals surface area (Å²) in [6.45, 7) is 15.5. The molecule has 2 atom stereocenters. The van der Waals surface area contributed by atoms with Crippen molar-refractivity contribution in [2.75, 3.05) is 19.6 Å². The second-order valence-electron chi connectivity index (χ2n) is 7.93. The molecular weight excluding hydrogens is 250 g/mol. The standard InChI is InChI=1S/C16H27N3O/c1-15(2,3)13-8-18-14(20-13)10-19-9-11-6-17-7-12(11)16(19,4)5/h8,11-12,17H,6-7,9-10H2,1-5H3. The lowest BCUT2D eigenvalue weighted by atomic mass is 9.85. The number of rotatable bonds is 2. The van der Waals surface area contributed by atoms with Crippen LogP contribution < -0.4 is 5.32 Å². The Labute approximate surface area is 121 Å². The Morgan fingerprint density at radius 2 is 2.15 bits per heavy atom. The maximum Gasteiger partial charge on any atom is 0.208 e. The lowest BCUT2D eigenvalue weighted by Crippen LogP contribution is -2.43. The van der Waals surface area contributed by atoms with Crippen molar-refractivity contribution in [1.82, 2.24) is 15.2 Å². The summed E-state index contributed by atoms with van der Waals surface area (Å²) in [5.74, 6) is 3.36. The Morgan fingerprint density at radius 1 is 1.40 bits per heavy atom. The van der Waals surface area contributed by atoms with Crippen molar-refractivity contribution in [3.05, 3.63) is 17.8 Å². The molecule has 1 aromatic rings. The average Bonchev–Trinajstić information content (AvgIpc) is 2.98. The van der Waals surface area contributed by atoms with Crippen LogP contribution in [0.1, 0.15) is 46.3 Å². The molecule has 0 radical (unpaired) electrons. The van der Waals surface area contributed by atoms with E-state index >= 15 is 0 Å². The van der Waals surface area contributed by atoms with Gasteiger partial charge in [0.25, 0.3) is 0 Å². The van der Waals surface area contributed by atoms with E-state index in [-0.39, 0.29) is 11.0 Å². The van der Waals surface area contributed by atoms with Gasteiger partial charge in [-0.3, -0.25) is 4.90 Å². The van der Waals surface area contributed by atoms with E-state index in [4.69, 9.17) is 4.42 Å². The molecule has 2 unspecified atom stereocenters. The van der Waals surface area contributed by atoms with E-state index in [2.05, 4.69) is 49.8 Å². The van der Waals surface area contributed by atoms with Gasteiger partial charge >= 0.3 is 0 Å². The molecule has 2 fully saturated rings. The fraction of sp³-hybridized carbons (Fsp3) is 0.812. The first-order chi connectivity index (χ1) is 9.28. The summed E-state index contributed by atoms with van der Waals surface area (Å²) in [7, 11) is 0. The maximum absolute atomic E-state index is 5.96. The number of likely N-dealkylation sites (tertiary alicyclic amines) is 1. The quantitative estimate of drug-likeness (QED) is 0.901. The zero-order valence-electron chi connectivity index (χ0n) is 13.4. The highest BCUT2D eigenvalue weighted by atomic mass is 16.4. The number of hydrogen-bond donors (Lipinski definition) is 1. The molecule has 2 aliphatic heterocycles. The monoisotopic (exact) mass is 277 g/mol. The van der Waals surface area contributed by atoms with Gasteiger partial charge in [-0.25, -0.2) is 4.98 Å². The van der Waals surface area contributed by atoms with Crippen LogP contribution in [0.3, 0.4) is 0 Å². The minimum atomic E-state index is 0.0339. The molecule has 0 saturated carbocycles. The third-order valence-electron chi connectivity index (χ3n) is 5.14. The van der Waals surface area contributed by atoms with E-state index in [9.17, 15) is 0 Å². The smallest absolute Gasteiger partial charge is 0.208 e. The van der Waals surface area contributed by atoms with Crippen LogP contribution in [0.5, 0.6) is 0 Å². The average molecular weight is 277 g/mol. The Balaban J connectivity index is 1.74. The molecule has 4 nitrogen and oxygen atoms in total. The number of nitrogens with one attached hydrogen (secondary N) is 1. The van der Waals surface area contributed by atoms with Crippen molar-refractivity contribution in [2.24, 2.45) is 11.8 Å². The van der Waals surface area contributed by atoms with Crippen LogP contribution in [0.15, 0.2) is 10.6 Å². The molecule has 20 heavy (non-hydrogen) atoms. The molecule has 1 aromatic heterocycles. The Bertz CT molecular complexity index is 486. The van der Waals surface area contributed by atoms with E-state index in [0.29, 0.717) is 0 Å². The van der Waals surface area contributed by atoms with Crippen LogP contribution in [-0.4, -0.2) is 35.1 Å². The normalized spacial score (nSPS) is 29.9. The van der Waals surface area contributed by atoms with E-state index in [1.54, 1.807) is 0 Å². The van der Waals surface area contributed by atoms with Crippen LogP contribution in [0, 0.1) is 11.8 Å². The molecule has 0 bridgehead atoms. The zero-order valence-corrected chi connectivity index (χ0v) is 13.4. The predicted octanol–water partition coefficient (Wildman–Crippen LogP) is 2.40. The van der Waals surface area contributed by atoms with Gasteiger partial charge in [0.1, 0.15) is 5.76 Å². The Kier molecular flexibility index (Phi) is 3.22. The molecule has 112 valence electrons. The van der Waals surface area contributed by atoms with Crippen molar-refractivity contribution in [2.45, 2.75) is 52.1 Å². The summed E-state index contributed by atoms with van der Waals surface area (Å²) in [6, 6.07) is 0. The van der Waals surface area contributed by atoms with Gasteiger partial charge in [0, 0.05) is 24.0 Å². The van der Waals surface area contributed by atoms with Gasteiger partial charge < -0.3 is 9.73 Å². The predicted molar refractivity (Wildman–Crippen MR) is 79.5 cm³/mol. The van der Waals surface area contributed by atoms with Gasteiger partial charge in [0.2, 0.25) is 5.89 Å². The maximum atomic E-state index is 5.96. The summed E-state index contributed by atoms with van der Waals surface area (Å²) in [5, 5.41) is 3.52. The van der Waals surface area contributed by atoms with E-state index < -0.39 is 0 Å². The summed E-state index contributed by atoms with van der Waals surface area (Å²) >= 11 is 0. The van der Waals surface area contributed by atoms with E-state index in [0.717, 1.165) is 49.7 Å². The third-order valence-corrected chi connectivity index (χ3v) is 5.14. The second-order valence-corrected chi connectivity index (χ2v) is 7.93. The second kappa shape index (κ2) is 4.57. The SMILES string of the molecule is CC(C)(C)c1cnc(CN2CC3CNCC3C2(C)C)o1. The van der Waals surface area contributed by atoms with Crippen molar-refractivity contribution in [3.8, 4) is 0 Å². The molecule has 0 aliphatic carbocycles. The molecule has 3 heterocycles. The summed E-state index contributed by atoms with van der Waals surface area (Å²) in [5.41, 5.74) is 0.261. The fourth-order valence-electron chi connectivity index (χ4n) is 3.67. The van der Waals surface area contributed by atoms with Gasteiger partial charge in [0.15, 0.2) is 0 Å². The van der Waals surface area contributed by atoms with Gasteiger partial charge in [-0.1, -0.05) is 20.8 Å². The lowest BCUT2D eigenvalue weighted by Gasteiger charge is -2.34. The number of fused-ring (bicyclic) bond motifs is 1. The Morgan fingerprint density at radius 3 is 2.75 bits per heavy atom.